The number of nitrogens with one attached hydrogen (secondary N) is 1. The van der Waals surface area contributed by atoms with Gasteiger partial charge >= 0.3 is 17.9 Å². The Morgan fingerprint density at radius 3 is 2.67 bits per heavy atom. The summed E-state index contributed by atoms with van der Waals surface area (Å²) in [5.41, 5.74) is 4.63. The fourth-order valence-electron chi connectivity index (χ4n) is 3.44. The van der Waals surface area contributed by atoms with E-state index in [4.69, 9.17) is 19.9 Å². The number of anilines is 1. The van der Waals surface area contributed by atoms with Crippen molar-refractivity contribution >= 4 is 23.6 Å². The third kappa shape index (κ3) is 2.49. The second-order valence-electron chi connectivity index (χ2n) is 5.91. The second kappa shape index (κ2) is 6.64. The van der Waals surface area contributed by atoms with Gasteiger partial charge in [-0.15, -0.1) is 0 Å². The number of para-hydroxylation sites is 1. The lowest BCUT2D eigenvalue weighted by Gasteiger charge is -2.35. The largest absolute Gasteiger partial charge is 0.466 e. The van der Waals surface area contributed by atoms with Crippen molar-refractivity contribution in [3.05, 3.63) is 65.2 Å². The van der Waals surface area contributed by atoms with Crippen LogP contribution in [-0.2, 0) is 34.0 Å². The summed E-state index contributed by atoms with van der Waals surface area (Å²) < 4.78 is 15.3. The van der Waals surface area contributed by atoms with E-state index < -0.39 is 23.3 Å². The van der Waals surface area contributed by atoms with E-state index in [1.807, 2.05) is 0 Å². The number of benzene rings is 1. The first-order chi connectivity index (χ1) is 12.9. The van der Waals surface area contributed by atoms with Crippen LogP contribution in [0, 0.1) is 0 Å². The Labute approximate surface area is 155 Å². The highest BCUT2D eigenvalue weighted by molar-refractivity contribution is 6.15. The zero-order valence-corrected chi connectivity index (χ0v) is 14.8. The first kappa shape index (κ1) is 18.2. The molecular formula is C19H18N2O6. The predicted molar refractivity (Wildman–Crippen MR) is 94.9 cm³/mol. The summed E-state index contributed by atoms with van der Waals surface area (Å²) in [5, 5.41) is 2.87. The average molecular weight is 370 g/mol. The van der Waals surface area contributed by atoms with Crippen LogP contribution < -0.4 is 11.1 Å². The van der Waals surface area contributed by atoms with Crippen molar-refractivity contribution in [2.45, 2.75) is 12.3 Å². The molecule has 1 atom stereocenters. The van der Waals surface area contributed by atoms with Gasteiger partial charge in [-0.3, -0.25) is 0 Å². The average Bonchev–Trinajstić information content (AvgIpc) is 2.90. The molecule has 2 aliphatic heterocycles. The van der Waals surface area contributed by atoms with Crippen molar-refractivity contribution in [3.8, 4) is 0 Å². The van der Waals surface area contributed by atoms with Crippen molar-refractivity contribution < 1.29 is 28.6 Å². The number of carbonyl (C=O) groups excluding carboxylic acids is 3. The summed E-state index contributed by atoms with van der Waals surface area (Å²) in [5.74, 6) is -2.59. The number of ether oxygens (including phenoxy) is 3. The van der Waals surface area contributed by atoms with Gasteiger partial charge < -0.3 is 25.3 Å². The van der Waals surface area contributed by atoms with Crippen molar-refractivity contribution in [3.63, 3.8) is 0 Å². The minimum absolute atomic E-state index is 0.0277. The first-order valence-corrected chi connectivity index (χ1v) is 8.06. The molecule has 0 aliphatic carbocycles. The van der Waals surface area contributed by atoms with Gasteiger partial charge in [-0.1, -0.05) is 30.9 Å². The molecule has 8 heteroatoms. The van der Waals surface area contributed by atoms with Gasteiger partial charge in [0.15, 0.2) is 5.41 Å². The summed E-state index contributed by atoms with van der Waals surface area (Å²) in [4.78, 5) is 38.5. The molecule has 0 amide bonds. The molecule has 2 aliphatic rings. The minimum Gasteiger partial charge on any atom is -0.466 e. The SMILES string of the molecule is C=CCOC(=O)C1=C(C)OC(=O)[C@]12C(C(=O)OC)=C(N)Nc1ccccc12. The first-order valence-electron chi connectivity index (χ1n) is 8.06. The Kier molecular flexibility index (Phi) is 4.49. The topological polar surface area (TPSA) is 117 Å². The lowest BCUT2D eigenvalue weighted by Crippen LogP contribution is -2.47. The molecule has 0 fully saturated rings. The molecule has 0 aromatic heterocycles. The standard InChI is InChI=1S/C19H18N2O6/c1-4-9-26-17(23)13-10(2)27-18(24)19(13)11-7-5-6-8-12(11)21-15(20)14(19)16(22)25-3/h4-8,21H,1,9,20H2,2-3H3/t19-/m0/s1. The van der Waals surface area contributed by atoms with E-state index >= 15 is 0 Å². The number of rotatable bonds is 4. The lowest BCUT2D eigenvalue weighted by atomic mass is 9.67. The highest BCUT2D eigenvalue weighted by Crippen LogP contribution is 2.52. The molecule has 3 rings (SSSR count). The van der Waals surface area contributed by atoms with E-state index in [-0.39, 0.29) is 29.3 Å². The van der Waals surface area contributed by atoms with Crippen LogP contribution in [0.4, 0.5) is 5.69 Å². The van der Waals surface area contributed by atoms with Gasteiger partial charge in [0.2, 0.25) is 0 Å². The van der Waals surface area contributed by atoms with Gasteiger partial charge in [-0.2, -0.15) is 0 Å². The molecule has 140 valence electrons. The summed E-state index contributed by atoms with van der Waals surface area (Å²) in [6.07, 6.45) is 1.39. The molecular weight excluding hydrogens is 352 g/mol. The molecule has 27 heavy (non-hydrogen) atoms. The summed E-state index contributed by atoms with van der Waals surface area (Å²) >= 11 is 0. The molecule has 8 nitrogen and oxygen atoms in total. The van der Waals surface area contributed by atoms with Crippen LogP contribution in [0.5, 0.6) is 0 Å². The third-order valence-corrected chi connectivity index (χ3v) is 4.45. The quantitative estimate of drug-likeness (QED) is 0.462. The van der Waals surface area contributed by atoms with Crippen LogP contribution in [0.15, 0.2) is 59.6 Å². The summed E-state index contributed by atoms with van der Waals surface area (Å²) in [6.45, 7) is 4.87. The van der Waals surface area contributed by atoms with Crippen LogP contribution in [0.25, 0.3) is 0 Å². The van der Waals surface area contributed by atoms with Crippen molar-refractivity contribution in [2.75, 3.05) is 19.0 Å². The van der Waals surface area contributed by atoms with Gasteiger partial charge in [0.05, 0.1) is 7.11 Å². The van der Waals surface area contributed by atoms with E-state index in [0.29, 0.717) is 11.3 Å². The van der Waals surface area contributed by atoms with Crippen LogP contribution in [0.1, 0.15) is 12.5 Å². The maximum Gasteiger partial charge on any atom is 0.339 e. The molecule has 0 unspecified atom stereocenters. The maximum absolute atomic E-state index is 13.1. The molecule has 2 heterocycles. The predicted octanol–water partition coefficient (Wildman–Crippen LogP) is 1.25. The van der Waals surface area contributed by atoms with Crippen molar-refractivity contribution in [2.24, 2.45) is 5.73 Å². The number of fused-ring (bicyclic) bond motifs is 2. The maximum atomic E-state index is 13.1. The number of allylic oxidation sites excluding steroid dienone is 1. The van der Waals surface area contributed by atoms with Crippen LogP contribution >= 0.6 is 0 Å². The zero-order valence-electron chi connectivity index (χ0n) is 14.8. The molecule has 1 aromatic rings. The smallest absolute Gasteiger partial charge is 0.339 e. The third-order valence-electron chi connectivity index (χ3n) is 4.45. The van der Waals surface area contributed by atoms with E-state index in [2.05, 4.69) is 11.9 Å². The van der Waals surface area contributed by atoms with Gasteiger partial charge in [0.25, 0.3) is 0 Å². The number of nitrogens with two attached hydrogens (primary N) is 1. The fourth-order valence-corrected chi connectivity index (χ4v) is 3.44. The Morgan fingerprint density at radius 2 is 2.00 bits per heavy atom. The number of hydrogen-bond donors (Lipinski definition) is 2. The lowest BCUT2D eigenvalue weighted by molar-refractivity contribution is -0.146. The molecule has 0 radical (unpaired) electrons. The Balaban J connectivity index is 2.36. The monoisotopic (exact) mass is 370 g/mol. The highest BCUT2D eigenvalue weighted by atomic mass is 16.6. The number of cyclic esters (lactones) is 1. The second-order valence-corrected chi connectivity index (χ2v) is 5.91. The van der Waals surface area contributed by atoms with E-state index in [1.165, 1.54) is 13.0 Å². The van der Waals surface area contributed by atoms with Crippen LogP contribution in [0.3, 0.4) is 0 Å². The van der Waals surface area contributed by atoms with Crippen molar-refractivity contribution in [1.82, 2.24) is 0 Å². The van der Waals surface area contributed by atoms with Gasteiger partial charge in [0.1, 0.15) is 29.3 Å². The molecule has 1 spiro atoms. The Hall–Kier alpha value is -3.55. The van der Waals surface area contributed by atoms with E-state index in [9.17, 15) is 14.4 Å². The summed E-state index contributed by atoms with van der Waals surface area (Å²) in [6, 6.07) is 6.68. The summed E-state index contributed by atoms with van der Waals surface area (Å²) in [7, 11) is 1.16. The minimum atomic E-state index is -1.89. The van der Waals surface area contributed by atoms with Crippen molar-refractivity contribution in [1.29, 1.82) is 0 Å². The number of hydrogen-bond acceptors (Lipinski definition) is 8. The number of methoxy groups -OCH3 is 1. The van der Waals surface area contributed by atoms with Crippen LogP contribution in [0.2, 0.25) is 0 Å². The number of carbonyl (C=O) groups is 3. The van der Waals surface area contributed by atoms with Crippen LogP contribution in [-0.4, -0.2) is 31.6 Å². The Morgan fingerprint density at radius 1 is 1.30 bits per heavy atom. The number of esters is 3. The normalized spacial score (nSPS) is 20.7. The van der Waals surface area contributed by atoms with E-state index in [0.717, 1.165) is 7.11 Å². The fraction of sp³-hybridized carbons (Fsp3) is 0.211. The Bertz CT molecular complexity index is 930. The highest BCUT2D eigenvalue weighted by Gasteiger charge is 2.62. The molecule has 3 N–H and O–H groups in total. The van der Waals surface area contributed by atoms with Gasteiger partial charge in [0, 0.05) is 11.3 Å². The molecule has 0 saturated heterocycles. The molecule has 1 aromatic carbocycles. The molecule has 0 bridgehead atoms. The zero-order chi connectivity index (χ0) is 19.8. The van der Waals surface area contributed by atoms with Gasteiger partial charge in [-0.05, 0) is 13.0 Å². The van der Waals surface area contributed by atoms with E-state index in [1.54, 1.807) is 24.3 Å². The van der Waals surface area contributed by atoms with Gasteiger partial charge in [-0.25, -0.2) is 14.4 Å². The molecule has 0 saturated carbocycles.